The molecular weight excluding hydrogens is 302 g/mol. The van der Waals surface area contributed by atoms with Crippen LogP contribution in [0, 0.1) is 6.92 Å². The molecule has 0 aliphatic rings. The molecule has 0 radical (unpaired) electrons. The molecule has 0 saturated heterocycles. The number of amides is 2. The van der Waals surface area contributed by atoms with Gasteiger partial charge in [-0.1, -0.05) is 17.7 Å². The van der Waals surface area contributed by atoms with E-state index in [0.29, 0.717) is 23.8 Å². The summed E-state index contributed by atoms with van der Waals surface area (Å²) in [6.45, 7) is 7.47. The van der Waals surface area contributed by atoms with Crippen molar-refractivity contribution in [3.8, 4) is 0 Å². The van der Waals surface area contributed by atoms with Crippen molar-refractivity contribution in [2.45, 2.75) is 20.8 Å². The first-order valence-electron chi connectivity index (χ1n) is 7.40. The van der Waals surface area contributed by atoms with E-state index in [-0.39, 0.29) is 24.9 Å². The Morgan fingerprint density at radius 3 is 2.41 bits per heavy atom. The molecule has 6 heteroatoms. The zero-order chi connectivity index (χ0) is 16.7. The Hall–Kier alpha value is -1.59. The van der Waals surface area contributed by atoms with Gasteiger partial charge in [-0.2, -0.15) is 0 Å². The van der Waals surface area contributed by atoms with Gasteiger partial charge in [0.15, 0.2) is 0 Å². The summed E-state index contributed by atoms with van der Waals surface area (Å²) in [5.41, 5.74) is 1.53. The molecule has 0 unspecified atom stereocenters. The van der Waals surface area contributed by atoms with Crippen LogP contribution >= 0.6 is 11.6 Å². The van der Waals surface area contributed by atoms with E-state index in [9.17, 15) is 9.59 Å². The van der Waals surface area contributed by atoms with Gasteiger partial charge >= 0.3 is 0 Å². The summed E-state index contributed by atoms with van der Waals surface area (Å²) in [6.07, 6.45) is 0. The smallest absolute Gasteiger partial charge is 0.238 e. The number of carbonyl (C=O) groups is 2. The van der Waals surface area contributed by atoms with Crippen molar-refractivity contribution in [3.05, 3.63) is 28.8 Å². The van der Waals surface area contributed by atoms with Crippen molar-refractivity contribution in [2.24, 2.45) is 0 Å². The number of nitrogens with one attached hydrogen (secondary N) is 1. The SMILES string of the molecule is CCN(CC)C(=O)CN(C)CC(=O)Nc1cccc(Cl)c1C. The second kappa shape index (κ2) is 8.76. The molecule has 1 aromatic carbocycles. The number of nitrogens with zero attached hydrogens (tertiary/aromatic N) is 2. The molecule has 0 atom stereocenters. The molecule has 0 spiro atoms. The zero-order valence-corrected chi connectivity index (χ0v) is 14.4. The molecule has 1 aromatic rings. The maximum atomic E-state index is 12.1. The molecule has 1 N–H and O–H groups in total. The number of hydrogen-bond acceptors (Lipinski definition) is 3. The van der Waals surface area contributed by atoms with Gasteiger partial charge in [-0.25, -0.2) is 0 Å². The van der Waals surface area contributed by atoms with Crippen LogP contribution < -0.4 is 5.32 Å². The molecule has 0 saturated carbocycles. The van der Waals surface area contributed by atoms with Gasteiger partial charge < -0.3 is 10.2 Å². The Labute approximate surface area is 137 Å². The summed E-state index contributed by atoms with van der Waals surface area (Å²) >= 11 is 6.03. The first kappa shape index (κ1) is 18.5. The molecule has 122 valence electrons. The van der Waals surface area contributed by atoms with Crippen LogP contribution in [0.1, 0.15) is 19.4 Å². The number of anilines is 1. The molecule has 0 aliphatic heterocycles. The summed E-state index contributed by atoms with van der Waals surface area (Å²) in [5.74, 6) is -0.139. The minimum atomic E-state index is -0.166. The van der Waals surface area contributed by atoms with E-state index in [0.717, 1.165) is 5.56 Å². The average molecular weight is 326 g/mol. The normalized spacial score (nSPS) is 10.6. The van der Waals surface area contributed by atoms with E-state index in [1.807, 2.05) is 20.8 Å². The lowest BCUT2D eigenvalue weighted by Gasteiger charge is -2.22. The molecule has 0 aromatic heterocycles. The van der Waals surface area contributed by atoms with Crippen LogP contribution in [-0.4, -0.2) is 54.8 Å². The second-order valence-electron chi connectivity index (χ2n) is 5.20. The van der Waals surface area contributed by atoms with Gasteiger partial charge in [0.1, 0.15) is 0 Å². The van der Waals surface area contributed by atoms with Crippen LogP contribution in [0.3, 0.4) is 0 Å². The predicted octanol–water partition coefficient (Wildman–Crippen LogP) is 2.39. The van der Waals surface area contributed by atoms with Crippen LogP contribution in [0.5, 0.6) is 0 Å². The van der Waals surface area contributed by atoms with Crippen LogP contribution in [0.4, 0.5) is 5.69 Å². The van der Waals surface area contributed by atoms with Crippen molar-refractivity contribution in [1.29, 1.82) is 0 Å². The molecular formula is C16H24ClN3O2. The quantitative estimate of drug-likeness (QED) is 0.837. The fourth-order valence-electron chi connectivity index (χ4n) is 2.14. The van der Waals surface area contributed by atoms with E-state index in [4.69, 9.17) is 11.6 Å². The summed E-state index contributed by atoms with van der Waals surface area (Å²) in [5, 5.41) is 3.44. The Kier molecular flexibility index (Phi) is 7.35. The van der Waals surface area contributed by atoms with Gasteiger partial charge in [0.05, 0.1) is 13.1 Å². The van der Waals surface area contributed by atoms with Crippen molar-refractivity contribution in [1.82, 2.24) is 9.80 Å². The zero-order valence-electron chi connectivity index (χ0n) is 13.6. The number of rotatable bonds is 7. The highest BCUT2D eigenvalue weighted by atomic mass is 35.5. The van der Waals surface area contributed by atoms with Crippen LogP contribution in [0.2, 0.25) is 5.02 Å². The predicted molar refractivity (Wildman–Crippen MR) is 90.2 cm³/mol. The van der Waals surface area contributed by atoms with Gasteiger partial charge in [0, 0.05) is 23.8 Å². The van der Waals surface area contributed by atoms with Crippen molar-refractivity contribution < 1.29 is 9.59 Å². The molecule has 5 nitrogen and oxygen atoms in total. The Morgan fingerprint density at radius 2 is 1.82 bits per heavy atom. The first-order chi connectivity index (χ1) is 10.4. The Morgan fingerprint density at radius 1 is 1.18 bits per heavy atom. The summed E-state index contributed by atoms with van der Waals surface area (Å²) in [7, 11) is 1.76. The maximum absolute atomic E-state index is 12.1. The van der Waals surface area contributed by atoms with E-state index in [1.165, 1.54) is 0 Å². The standard InChI is InChI=1S/C16H24ClN3O2/c1-5-20(6-2)16(22)11-19(4)10-15(21)18-14-9-7-8-13(17)12(14)3/h7-9H,5-6,10-11H2,1-4H3,(H,18,21). The summed E-state index contributed by atoms with van der Waals surface area (Å²) < 4.78 is 0. The fraction of sp³-hybridized carbons (Fsp3) is 0.500. The minimum absolute atomic E-state index is 0.0271. The lowest BCUT2D eigenvalue weighted by molar-refractivity contribution is -0.132. The van der Waals surface area contributed by atoms with Gasteiger partial charge in [-0.15, -0.1) is 0 Å². The third-order valence-corrected chi connectivity index (χ3v) is 3.89. The lowest BCUT2D eigenvalue weighted by Crippen LogP contribution is -2.41. The topological polar surface area (TPSA) is 52.7 Å². The van der Waals surface area contributed by atoms with Crippen LogP contribution in [0.15, 0.2) is 18.2 Å². The van der Waals surface area contributed by atoms with Gasteiger partial charge in [-0.05, 0) is 45.5 Å². The summed E-state index contributed by atoms with van der Waals surface area (Å²) in [6, 6.07) is 5.38. The van der Waals surface area contributed by atoms with Crippen molar-refractivity contribution in [3.63, 3.8) is 0 Å². The monoisotopic (exact) mass is 325 g/mol. The third kappa shape index (κ3) is 5.31. The minimum Gasteiger partial charge on any atom is -0.342 e. The Bertz CT molecular complexity index is 530. The highest BCUT2D eigenvalue weighted by Gasteiger charge is 2.15. The third-order valence-electron chi connectivity index (χ3n) is 3.48. The van der Waals surface area contributed by atoms with E-state index in [2.05, 4.69) is 5.32 Å². The number of hydrogen-bond donors (Lipinski definition) is 1. The maximum Gasteiger partial charge on any atom is 0.238 e. The van der Waals surface area contributed by atoms with E-state index in [1.54, 1.807) is 35.0 Å². The molecule has 0 fully saturated rings. The van der Waals surface area contributed by atoms with E-state index >= 15 is 0 Å². The van der Waals surface area contributed by atoms with Crippen molar-refractivity contribution >= 4 is 29.1 Å². The van der Waals surface area contributed by atoms with Gasteiger partial charge in [-0.3, -0.25) is 14.5 Å². The second-order valence-corrected chi connectivity index (χ2v) is 5.61. The average Bonchev–Trinajstić information content (AvgIpc) is 2.44. The van der Waals surface area contributed by atoms with Crippen LogP contribution in [0.25, 0.3) is 0 Å². The van der Waals surface area contributed by atoms with Gasteiger partial charge in [0.25, 0.3) is 0 Å². The molecule has 0 bridgehead atoms. The first-order valence-corrected chi connectivity index (χ1v) is 7.78. The number of likely N-dealkylation sites (N-methyl/N-ethyl adjacent to an activating group) is 2. The molecule has 22 heavy (non-hydrogen) atoms. The van der Waals surface area contributed by atoms with E-state index < -0.39 is 0 Å². The molecule has 0 aliphatic carbocycles. The molecule has 2 amide bonds. The Balaban J connectivity index is 2.54. The highest BCUT2D eigenvalue weighted by molar-refractivity contribution is 6.31. The number of halogens is 1. The summed E-state index contributed by atoms with van der Waals surface area (Å²) in [4.78, 5) is 27.5. The lowest BCUT2D eigenvalue weighted by atomic mass is 10.2. The van der Waals surface area contributed by atoms with Crippen molar-refractivity contribution in [2.75, 3.05) is 38.5 Å². The van der Waals surface area contributed by atoms with Crippen LogP contribution in [-0.2, 0) is 9.59 Å². The molecule has 0 heterocycles. The largest absolute Gasteiger partial charge is 0.342 e. The number of benzene rings is 1. The fourth-order valence-corrected chi connectivity index (χ4v) is 2.32. The number of carbonyl (C=O) groups excluding carboxylic acids is 2. The highest BCUT2D eigenvalue weighted by Crippen LogP contribution is 2.22. The van der Waals surface area contributed by atoms with Gasteiger partial charge in [0.2, 0.25) is 11.8 Å². The molecule has 1 rings (SSSR count).